The molecule has 86 valence electrons. The second kappa shape index (κ2) is 5.55. The molecule has 0 aromatic carbocycles. The highest BCUT2D eigenvalue weighted by Gasteiger charge is 2.33. The van der Waals surface area contributed by atoms with Crippen LogP contribution in [0.15, 0.2) is 0 Å². The highest BCUT2D eigenvalue weighted by molar-refractivity contribution is 5.75. The van der Waals surface area contributed by atoms with Crippen molar-refractivity contribution in [1.82, 2.24) is 10.6 Å². The third-order valence-corrected chi connectivity index (χ3v) is 2.33. The van der Waals surface area contributed by atoms with Crippen LogP contribution in [-0.2, 0) is 4.79 Å². The third-order valence-electron chi connectivity index (χ3n) is 2.33. The predicted octanol–water partition coefficient (Wildman–Crippen LogP) is -0.502. The third kappa shape index (κ3) is 4.64. The van der Waals surface area contributed by atoms with E-state index in [0.717, 1.165) is 12.8 Å². The minimum atomic E-state index is -0.883. The van der Waals surface area contributed by atoms with E-state index in [1.165, 1.54) is 0 Å². The van der Waals surface area contributed by atoms with Crippen molar-refractivity contribution in [2.45, 2.75) is 25.3 Å². The summed E-state index contributed by atoms with van der Waals surface area (Å²) in [7, 11) is 0. The highest BCUT2D eigenvalue weighted by atomic mass is 16.4. The summed E-state index contributed by atoms with van der Waals surface area (Å²) >= 11 is 0. The van der Waals surface area contributed by atoms with Crippen LogP contribution < -0.4 is 16.4 Å². The lowest BCUT2D eigenvalue weighted by atomic mass is 10.1. The molecule has 0 aromatic rings. The van der Waals surface area contributed by atoms with E-state index in [9.17, 15) is 9.59 Å². The van der Waals surface area contributed by atoms with E-state index in [0.29, 0.717) is 19.0 Å². The van der Waals surface area contributed by atoms with Gasteiger partial charge in [0.05, 0.1) is 6.42 Å². The number of aliphatic carboxylic acids is 1. The van der Waals surface area contributed by atoms with Crippen LogP contribution >= 0.6 is 0 Å². The lowest BCUT2D eigenvalue weighted by Crippen LogP contribution is -2.45. The zero-order chi connectivity index (χ0) is 11.3. The van der Waals surface area contributed by atoms with E-state index in [1.54, 1.807) is 0 Å². The van der Waals surface area contributed by atoms with Crippen molar-refractivity contribution in [3.05, 3.63) is 0 Å². The fraction of sp³-hybridized carbons (Fsp3) is 0.778. The zero-order valence-electron chi connectivity index (χ0n) is 8.53. The maximum Gasteiger partial charge on any atom is 0.315 e. The van der Waals surface area contributed by atoms with Crippen LogP contribution in [0.1, 0.15) is 19.3 Å². The summed E-state index contributed by atoms with van der Waals surface area (Å²) in [5, 5.41) is 13.9. The van der Waals surface area contributed by atoms with Crippen molar-refractivity contribution in [3.63, 3.8) is 0 Å². The SMILES string of the molecule is NCCNC(=O)NC(CC(=O)O)C1CC1. The first-order valence-electron chi connectivity index (χ1n) is 5.09. The van der Waals surface area contributed by atoms with Gasteiger partial charge >= 0.3 is 12.0 Å². The maximum atomic E-state index is 11.3. The summed E-state index contributed by atoms with van der Waals surface area (Å²) in [6, 6.07) is -0.584. The van der Waals surface area contributed by atoms with Gasteiger partial charge in [-0.1, -0.05) is 0 Å². The van der Waals surface area contributed by atoms with Gasteiger partial charge in [-0.05, 0) is 18.8 Å². The molecule has 1 rings (SSSR count). The summed E-state index contributed by atoms with van der Waals surface area (Å²) < 4.78 is 0. The molecule has 1 saturated carbocycles. The van der Waals surface area contributed by atoms with E-state index in [-0.39, 0.29) is 18.5 Å². The number of hydrogen-bond acceptors (Lipinski definition) is 3. The first-order valence-corrected chi connectivity index (χ1v) is 5.09. The van der Waals surface area contributed by atoms with E-state index in [1.807, 2.05) is 0 Å². The number of carboxylic acid groups (broad SMARTS) is 1. The highest BCUT2D eigenvalue weighted by Crippen LogP contribution is 2.33. The number of urea groups is 1. The van der Waals surface area contributed by atoms with Gasteiger partial charge in [0.2, 0.25) is 0 Å². The number of carbonyl (C=O) groups excluding carboxylic acids is 1. The molecule has 0 heterocycles. The van der Waals surface area contributed by atoms with Crippen molar-refractivity contribution in [1.29, 1.82) is 0 Å². The molecule has 0 radical (unpaired) electrons. The van der Waals surface area contributed by atoms with Gasteiger partial charge in [0.1, 0.15) is 0 Å². The molecule has 0 aliphatic heterocycles. The molecule has 0 saturated heterocycles. The minimum Gasteiger partial charge on any atom is -0.481 e. The van der Waals surface area contributed by atoms with Gasteiger partial charge in [0.25, 0.3) is 0 Å². The van der Waals surface area contributed by atoms with Crippen molar-refractivity contribution in [2.75, 3.05) is 13.1 Å². The van der Waals surface area contributed by atoms with Crippen LogP contribution in [0.4, 0.5) is 4.79 Å². The van der Waals surface area contributed by atoms with Crippen LogP contribution in [0.2, 0.25) is 0 Å². The number of carboxylic acids is 1. The van der Waals surface area contributed by atoms with Gasteiger partial charge < -0.3 is 21.5 Å². The normalized spacial score (nSPS) is 16.9. The van der Waals surface area contributed by atoms with Crippen LogP contribution in [0.5, 0.6) is 0 Å². The molecule has 1 fully saturated rings. The molecule has 6 heteroatoms. The van der Waals surface area contributed by atoms with E-state index in [4.69, 9.17) is 10.8 Å². The van der Waals surface area contributed by atoms with E-state index >= 15 is 0 Å². The fourth-order valence-corrected chi connectivity index (χ4v) is 1.43. The summed E-state index contributed by atoms with van der Waals surface area (Å²) in [6.45, 7) is 0.775. The average Bonchev–Trinajstić information content (AvgIpc) is 2.96. The minimum absolute atomic E-state index is 0.0132. The van der Waals surface area contributed by atoms with E-state index in [2.05, 4.69) is 10.6 Å². The van der Waals surface area contributed by atoms with Gasteiger partial charge in [0, 0.05) is 19.1 Å². The molecule has 1 unspecified atom stereocenters. The zero-order valence-corrected chi connectivity index (χ0v) is 8.53. The maximum absolute atomic E-state index is 11.3. The Bertz CT molecular complexity index is 241. The van der Waals surface area contributed by atoms with Crippen molar-refractivity contribution in [3.8, 4) is 0 Å². The second-order valence-corrected chi connectivity index (χ2v) is 3.73. The Morgan fingerprint density at radius 3 is 2.60 bits per heavy atom. The number of carbonyl (C=O) groups is 2. The monoisotopic (exact) mass is 215 g/mol. The molecular formula is C9H17N3O3. The molecule has 2 amide bonds. The van der Waals surface area contributed by atoms with Crippen molar-refractivity contribution in [2.24, 2.45) is 11.7 Å². The molecule has 1 atom stereocenters. The van der Waals surface area contributed by atoms with Crippen LogP contribution in [0.3, 0.4) is 0 Å². The Kier molecular flexibility index (Phi) is 4.36. The molecule has 6 nitrogen and oxygen atoms in total. The molecule has 5 N–H and O–H groups in total. The van der Waals surface area contributed by atoms with Crippen molar-refractivity contribution >= 4 is 12.0 Å². The van der Waals surface area contributed by atoms with Gasteiger partial charge in [-0.2, -0.15) is 0 Å². The molecule has 1 aliphatic carbocycles. The van der Waals surface area contributed by atoms with Crippen LogP contribution in [0, 0.1) is 5.92 Å². The van der Waals surface area contributed by atoms with Crippen LogP contribution in [0.25, 0.3) is 0 Å². The topological polar surface area (TPSA) is 104 Å². The number of amides is 2. The summed E-state index contributed by atoms with van der Waals surface area (Å²) in [6.07, 6.45) is 1.98. The first kappa shape index (κ1) is 11.8. The Balaban J connectivity index is 2.30. The van der Waals surface area contributed by atoms with Gasteiger partial charge in [-0.3, -0.25) is 4.79 Å². The first-order chi connectivity index (χ1) is 7.13. The Morgan fingerprint density at radius 2 is 2.13 bits per heavy atom. The lowest BCUT2D eigenvalue weighted by molar-refractivity contribution is -0.137. The quantitative estimate of drug-likeness (QED) is 0.479. The Morgan fingerprint density at radius 1 is 1.47 bits per heavy atom. The molecule has 0 spiro atoms. The molecular weight excluding hydrogens is 198 g/mol. The van der Waals surface area contributed by atoms with Crippen molar-refractivity contribution < 1.29 is 14.7 Å². The standard InChI is InChI=1S/C9H17N3O3/c10-3-4-11-9(15)12-7(5-8(13)14)6-1-2-6/h6-7H,1-5,10H2,(H,13,14)(H2,11,12,15). The predicted molar refractivity (Wildman–Crippen MR) is 54.4 cm³/mol. The Hall–Kier alpha value is -1.30. The summed E-state index contributed by atoms with van der Waals surface area (Å²) in [5.41, 5.74) is 5.22. The van der Waals surface area contributed by atoms with Crippen LogP contribution in [-0.4, -0.2) is 36.2 Å². The number of nitrogens with one attached hydrogen (secondary N) is 2. The largest absolute Gasteiger partial charge is 0.481 e. The molecule has 1 aliphatic rings. The van der Waals surface area contributed by atoms with Gasteiger partial charge in [0.15, 0.2) is 0 Å². The van der Waals surface area contributed by atoms with E-state index < -0.39 is 5.97 Å². The fourth-order valence-electron chi connectivity index (χ4n) is 1.43. The molecule has 0 aromatic heterocycles. The Labute approximate surface area is 88.2 Å². The number of hydrogen-bond donors (Lipinski definition) is 4. The number of nitrogens with two attached hydrogens (primary N) is 1. The average molecular weight is 215 g/mol. The molecule has 15 heavy (non-hydrogen) atoms. The lowest BCUT2D eigenvalue weighted by Gasteiger charge is -2.16. The smallest absolute Gasteiger partial charge is 0.315 e. The summed E-state index contributed by atoms with van der Waals surface area (Å²) in [5.74, 6) is -0.559. The van der Waals surface area contributed by atoms with Gasteiger partial charge in [-0.25, -0.2) is 4.79 Å². The second-order valence-electron chi connectivity index (χ2n) is 3.73. The van der Waals surface area contributed by atoms with Gasteiger partial charge in [-0.15, -0.1) is 0 Å². The summed E-state index contributed by atoms with van der Waals surface area (Å²) in [4.78, 5) is 21.8. The molecule has 0 bridgehead atoms. The number of rotatable bonds is 6.